The number of benzene rings is 4. The Morgan fingerprint density at radius 1 is 0.817 bits per heavy atom. The molecule has 0 bridgehead atoms. The van der Waals surface area contributed by atoms with Gasteiger partial charge in [-0.15, -0.1) is 6.58 Å². The van der Waals surface area contributed by atoms with Crippen LogP contribution in [0.4, 0.5) is 0 Å². The topological polar surface area (TPSA) is 137 Å². The predicted octanol–water partition coefficient (Wildman–Crippen LogP) is 9.18. The van der Waals surface area contributed by atoms with Gasteiger partial charge in [0.1, 0.15) is 25.1 Å². The fraction of sp³-hybridized carbons (Fsp3) is 0.517. The third kappa shape index (κ3) is 12.6. The Morgan fingerprint density at radius 3 is 1.89 bits per heavy atom. The van der Waals surface area contributed by atoms with Crippen LogP contribution in [0.15, 0.2) is 134 Å². The second-order valence-electron chi connectivity index (χ2n) is 20.8. The molecule has 1 N–H and O–H groups in total. The van der Waals surface area contributed by atoms with Crippen molar-refractivity contribution in [1.82, 2.24) is 0 Å². The van der Waals surface area contributed by atoms with Gasteiger partial charge in [-0.3, -0.25) is 0 Å². The molecule has 0 radical (unpaired) electrons. The first-order valence-corrected chi connectivity index (χ1v) is 27.0. The number of hydrogen-bond acceptors (Lipinski definition) is 12. The minimum absolute atomic E-state index is 0.0964. The summed E-state index contributed by atoms with van der Waals surface area (Å²) >= 11 is 0. The molecule has 6 rings (SSSR count). The number of methoxy groups -OCH3 is 2. The van der Waals surface area contributed by atoms with Gasteiger partial charge in [0, 0.05) is 56.8 Å². The third-order valence-corrected chi connectivity index (χ3v) is 20.0. The first-order valence-electron chi connectivity index (χ1n) is 25.1. The lowest BCUT2D eigenvalue weighted by molar-refractivity contribution is -0.336. The van der Waals surface area contributed by atoms with Crippen LogP contribution in [-0.4, -0.2) is 115 Å². The minimum Gasteiger partial charge on any atom is -0.458 e. The smallest absolute Gasteiger partial charge is 0.338 e. The Morgan fingerprint density at radius 2 is 1.37 bits per heavy atom. The molecule has 12 nitrogen and oxygen atoms in total. The van der Waals surface area contributed by atoms with E-state index >= 15 is 0 Å². The molecule has 2 heterocycles. The van der Waals surface area contributed by atoms with Gasteiger partial charge < -0.3 is 47.4 Å². The SMILES string of the molecule is C=C[C@H](C)[C@H](O)[C@@H](C)[C@H](C[C@H](OC)[C@H]1O[C@]2(C[C@@H](OC(=O)c3ccccc3)[C@H](C)[C@H](CCO[Si](c3ccccc3)(c3ccccc3)C(C)(C)C)O2)C(C)(C)[C@H]1OCOCCOC)OC(=O)c1ccccc1. The number of esters is 2. The van der Waals surface area contributed by atoms with Crippen LogP contribution >= 0.6 is 0 Å². The van der Waals surface area contributed by atoms with Crippen molar-refractivity contribution in [3.63, 3.8) is 0 Å². The number of ether oxygens (including phenoxy) is 8. The highest BCUT2D eigenvalue weighted by Crippen LogP contribution is 2.56. The zero-order valence-electron chi connectivity index (χ0n) is 43.5. The van der Waals surface area contributed by atoms with Gasteiger partial charge in [0.25, 0.3) is 8.32 Å². The van der Waals surface area contributed by atoms with Crippen molar-refractivity contribution in [1.29, 1.82) is 0 Å². The lowest BCUT2D eigenvalue weighted by Gasteiger charge is -2.51. The molecule has 0 amide bonds. The van der Waals surface area contributed by atoms with E-state index in [4.69, 9.17) is 42.3 Å². The molecule has 1 spiro atoms. The fourth-order valence-electron chi connectivity index (χ4n) is 10.5. The van der Waals surface area contributed by atoms with E-state index in [-0.39, 0.29) is 36.5 Å². The number of hydrogen-bond donors (Lipinski definition) is 1. The van der Waals surface area contributed by atoms with Crippen LogP contribution in [0.25, 0.3) is 0 Å². The van der Waals surface area contributed by atoms with E-state index in [2.05, 4.69) is 82.8 Å². The summed E-state index contributed by atoms with van der Waals surface area (Å²) in [4.78, 5) is 27.8. The summed E-state index contributed by atoms with van der Waals surface area (Å²) in [5.74, 6) is -3.55. The maximum Gasteiger partial charge on any atom is 0.338 e. The Bertz CT molecular complexity index is 2220. The van der Waals surface area contributed by atoms with Crippen LogP contribution in [0.5, 0.6) is 0 Å². The summed E-state index contributed by atoms with van der Waals surface area (Å²) in [6.45, 7) is 21.4. The van der Waals surface area contributed by atoms with Crippen molar-refractivity contribution in [3.8, 4) is 0 Å². The average molecular weight is 995 g/mol. The molecule has 2 aliphatic heterocycles. The predicted molar refractivity (Wildman–Crippen MR) is 277 cm³/mol. The summed E-state index contributed by atoms with van der Waals surface area (Å²) in [6.07, 6.45) is -2.86. The van der Waals surface area contributed by atoms with Gasteiger partial charge in [-0.2, -0.15) is 0 Å². The molecule has 386 valence electrons. The van der Waals surface area contributed by atoms with Crippen molar-refractivity contribution in [2.45, 2.75) is 128 Å². The van der Waals surface area contributed by atoms with E-state index in [9.17, 15) is 14.7 Å². The van der Waals surface area contributed by atoms with Crippen molar-refractivity contribution >= 4 is 30.6 Å². The largest absolute Gasteiger partial charge is 0.458 e. The number of carbonyl (C=O) groups excluding carboxylic acids is 2. The van der Waals surface area contributed by atoms with Crippen LogP contribution in [0.1, 0.15) is 95.4 Å². The highest BCUT2D eigenvalue weighted by molar-refractivity contribution is 6.99. The quantitative estimate of drug-likeness (QED) is 0.0236. The zero-order chi connectivity index (χ0) is 51.4. The lowest BCUT2D eigenvalue weighted by Crippen LogP contribution is -2.66. The van der Waals surface area contributed by atoms with E-state index in [1.807, 2.05) is 64.1 Å². The Balaban J connectivity index is 1.39. The summed E-state index contributed by atoms with van der Waals surface area (Å²) < 4.78 is 59.4. The first-order chi connectivity index (χ1) is 33.9. The summed E-state index contributed by atoms with van der Waals surface area (Å²) in [7, 11) is 0.244. The monoisotopic (exact) mass is 995 g/mol. The Kier molecular flexibility index (Phi) is 19.6. The molecule has 2 fully saturated rings. The highest BCUT2D eigenvalue weighted by atomic mass is 28.4. The van der Waals surface area contributed by atoms with Gasteiger partial charge >= 0.3 is 11.9 Å². The molecule has 4 aromatic carbocycles. The lowest BCUT2D eigenvalue weighted by atomic mass is 9.72. The van der Waals surface area contributed by atoms with Gasteiger partial charge in [-0.25, -0.2) is 9.59 Å². The minimum atomic E-state index is -2.95. The molecule has 0 unspecified atom stereocenters. The molecule has 2 saturated heterocycles. The van der Waals surface area contributed by atoms with Crippen molar-refractivity contribution < 1.29 is 57.0 Å². The van der Waals surface area contributed by atoms with Crippen molar-refractivity contribution in [2.75, 3.05) is 40.8 Å². The van der Waals surface area contributed by atoms with Gasteiger partial charge in [-0.1, -0.05) is 159 Å². The van der Waals surface area contributed by atoms with Gasteiger partial charge in [-0.05, 0) is 46.1 Å². The second kappa shape index (κ2) is 24.9. The number of aliphatic hydroxyl groups excluding tert-OH is 1. The Hall–Kier alpha value is -4.54. The standard InChI is InChI=1S/C58H78O12Si/c1-12-40(2)51(59)42(4)48(67-54(60)43-25-17-13-18-26-43)37-49(63-11)52-53(65-39-64-36-35-62-10)57(8,9)58(70-52)38-50(68-55(61)44-27-19-14-20-28-44)41(3)47(69-58)33-34-66-71(56(5,6)7,45-29-21-15-22-30-45)46-31-23-16-24-32-46/h12-32,40-42,47-53,59H,1,33-39H2,2-11H3/t40-,41+,42-,47-,48-,49-,50+,51-,52+,53-,58+/m0/s1. The maximum absolute atomic E-state index is 14.0. The number of aliphatic hydroxyl groups is 1. The van der Waals surface area contributed by atoms with E-state index in [0.717, 1.165) is 10.4 Å². The third-order valence-electron chi connectivity index (χ3n) is 14.9. The van der Waals surface area contributed by atoms with Crippen molar-refractivity contribution in [3.05, 3.63) is 145 Å². The molecule has 71 heavy (non-hydrogen) atoms. The van der Waals surface area contributed by atoms with E-state index < -0.39 is 80.1 Å². The maximum atomic E-state index is 14.0. The number of carbonyl (C=O) groups is 2. The molecular formula is C58H78O12Si. The molecule has 0 aromatic heterocycles. The first kappa shape index (κ1) is 55.8. The van der Waals surface area contributed by atoms with E-state index in [0.29, 0.717) is 37.4 Å². The van der Waals surface area contributed by atoms with Gasteiger partial charge in [0.05, 0.1) is 48.8 Å². The highest BCUT2D eigenvalue weighted by Gasteiger charge is 2.68. The van der Waals surface area contributed by atoms with Crippen LogP contribution in [-0.2, 0) is 42.3 Å². The molecular weight excluding hydrogens is 917 g/mol. The molecule has 4 aromatic rings. The number of rotatable bonds is 24. The van der Waals surface area contributed by atoms with E-state index in [1.165, 1.54) is 0 Å². The zero-order valence-corrected chi connectivity index (χ0v) is 44.5. The normalized spacial score (nSPS) is 24.4. The molecule has 11 atom stereocenters. The average Bonchev–Trinajstić information content (AvgIpc) is 3.58. The van der Waals surface area contributed by atoms with Crippen LogP contribution in [0, 0.1) is 23.2 Å². The van der Waals surface area contributed by atoms with E-state index in [1.54, 1.807) is 56.7 Å². The second-order valence-corrected chi connectivity index (χ2v) is 25.1. The molecule has 0 aliphatic carbocycles. The summed E-state index contributed by atoms with van der Waals surface area (Å²) in [5, 5.41) is 13.7. The van der Waals surface area contributed by atoms with Crippen LogP contribution in [0.2, 0.25) is 5.04 Å². The molecule has 0 saturated carbocycles. The van der Waals surface area contributed by atoms with Crippen LogP contribution in [0.3, 0.4) is 0 Å². The molecule has 2 aliphatic rings. The fourth-order valence-corrected chi connectivity index (χ4v) is 15.0. The van der Waals surface area contributed by atoms with Gasteiger partial charge in [0.2, 0.25) is 0 Å². The summed E-state index contributed by atoms with van der Waals surface area (Å²) in [6, 6.07) is 38.8. The van der Waals surface area contributed by atoms with Crippen molar-refractivity contribution in [2.24, 2.45) is 23.2 Å². The Labute approximate surface area is 423 Å². The van der Waals surface area contributed by atoms with Gasteiger partial charge in [0.15, 0.2) is 5.79 Å². The molecule has 13 heteroatoms. The summed E-state index contributed by atoms with van der Waals surface area (Å²) in [5.41, 5.74) is -0.141. The van der Waals surface area contributed by atoms with Crippen LogP contribution < -0.4 is 10.4 Å².